The van der Waals surface area contributed by atoms with E-state index in [0.717, 1.165) is 4.88 Å². The number of nitrogens with one attached hydrogen (secondary N) is 1. The average Bonchev–Trinajstić information content (AvgIpc) is 3.59. The molecule has 0 saturated heterocycles. The van der Waals surface area contributed by atoms with E-state index in [-0.39, 0.29) is 18.5 Å². The molecule has 0 radical (unpaired) electrons. The van der Waals surface area contributed by atoms with Gasteiger partial charge < -0.3 is 14.5 Å². The Balaban J connectivity index is 1.74. The van der Waals surface area contributed by atoms with E-state index in [1.165, 1.54) is 28.1 Å². The first-order valence-corrected chi connectivity index (χ1v) is 11.9. The van der Waals surface area contributed by atoms with E-state index < -0.39 is 11.9 Å². The Morgan fingerprint density at radius 3 is 2.69 bits per heavy atom. The van der Waals surface area contributed by atoms with E-state index in [1.807, 2.05) is 31.4 Å². The van der Waals surface area contributed by atoms with Crippen molar-refractivity contribution in [2.45, 2.75) is 39.4 Å². The van der Waals surface area contributed by atoms with Gasteiger partial charge in [-0.05, 0) is 61.7 Å². The van der Waals surface area contributed by atoms with Crippen molar-refractivity contribution in [3.05, 3.63) is 65.4 Å². The maximum atomic E-state index is 13.8. The van der Waals surface area contributed by atoms with Crippen molar-refractivity contribution in [2.24, 2.45) is 0 Å². The van der Waals surface area contributed by atoms with E-state index in [2.05, 4.69) is 20.7 Å². The number of aromatic nitrogens is 4. The Bertz CT molecular complexity index is 1300. The number of nitrogens with zero attached hydrogens (tertiary/aromatic N) is 5. The summed E-state index contributed by atoms with van der Waals surface area (Å²) < 4.78 is 11.2. The Kier molecular flexibility index (Phi) is 7.25. The third-order valence-corrected chi connectivity index (χ3v) is 5.91. The Labute approximate surface area is 206 Å². The zero-order valence-electron chi connectivity index (χ0n) is 19.8. The van der Waals surface area contributed by atoms with Gasteiger partial charge in [0.25, 0.3) is 11.8 Å². The van der Waals surface area contributed by atoms with Crippen molar-refractivity contribution in [3.8, 4) is 16.5 Å². The van der Waals surface area contributed by atoms with Crippen LogP contribution in [-0.4, -0.2) is 45.2 Å². The number of benzene rings is 1. The van der Waals surface area contributed by atoms with E-state index in [1.54, 1.807) is 43.3 Å². The number of hydrogen-bond acceptors (Lipinski definition) is 8. The second kappa shape index (κ2) is 10.5. The quantitative estimate of drug-likeness (QED) is 0.378. The van der Waals surface area contributed by atoms with Gasteiger partial charge in [0.05, 0.1) is 12.0 Å². The van der Waals surface area contributed by atoms with Crippen LogP contribution in [0.5, 0.6) is 5.75 Å². The predicted octanol–water partition coefficient (Wildman–Crippen LogP) is 3.61. The molecule has 1 aromatic carbocycles. The molecule has 0 saturated carbocycles. The molecule has 35 heavy (non-hydrogen) atoms. The van der Waals surface area contributed by atoms with Crippen LogP contribution in [0.3, 0.4) is 0 Å². The number of thiophene rings is 1. The van der Waals surface area contributed by atoms with Gasteiger partial charge >= 0.3 is 0 Å². The van der Waals surface area contributed by atoms with Gasteiger partial charge in [-0.3, -0.25) is 14.5 Å². The fraction of sp³-hybridized carbons (Fsp3) is 0.292. The van der Waals surface area contributed by atoms with Gasteiger partial charge in [0.1, 0.15) is 23.8 Å². The van der Waals surface area contributed by atoms with Crippen LogP contribution < -0.4 is 15.0 Å². The summed E-state index contributed by atoms with van der Waals surface area (Å²) >= 11 is 1.48. The average molecular weight is 495 g/mol. The lowest BCUT2D eigenvalue weighted by Gasteiger charge is -2.30. The van der Waals surface area contributed by atoms with E-state index >= 15 is 0 Å². The number of ether oxygens (including phenoxy) is 1. The first-order chi connectivity index (χ1) is 16.9. The number of hydrogen-bond donors (Lipinski definition) is 1. The molecular formula is C24H26N6O4S. The summed E-state index contributed by atoms with van der Waals surface area (Å²) in [6.45, 7) is 5.25. The molecule has 4 rings (SSSR count). The van der Waals surface area contributed by atoms with Crippen LogP contribution in [0, 0.1) is 6.92 Å². The van der Waals surface area contributed by atoms with E-state index in [4.69, 9.17) is 9.15 Å². The lowest BCUT2D eigenvalue weighted by atomic mass is 10.1. The lowest BCUT2D eigenvalue weighted by molar-refractivity contribution is -0.127. The van der Waals surface area contributed by atoms with Gasteiger partial charge in [-0.1, -0.05) is 12.1 Å². The highest BCUT2D eigenvalue weighted by Gasteiger charge is 2.36. The number of rotatable bonds is 9. The summed E-state index contributed by atoms with van der Waals surface area (Å²) in [4.78, 5) is 30.6. The number of furan rings is 1. The molecule has 0 bridgehead atoms. The standard InChI is InChI=1S/C24H26N6O4S/c1-15(2)25-24(32)22(19-11-10-16(3)34-19)30(17-7-5-8-18(13-17)33-4)21(31)14-29-27-23(26-28-29)20-9-6-12-35-20/h5-13,15,22H,14H2,1-4H3,(H,25,32)/t22-/m1/s1. The van der Waals surface area contributed by atoms with Gasteiger partial charge in [-0.15, -0.1) is 21.5 Å². The molecule has 1 atom stereocenters. The molecule has 0 aliphatic rings. The highest BCUT2D eigenvalue weighted by Crippen LogP contribution is 2.32. The molecule has 4 aromatic rings. The van der Waals surface area contributed by atoms with Gasteiger partial charge in [0, 0.05) is 17.8 Å². The van der Waals surface area contributed by atoms with Crippen molar-refractivity contribution in [1.82, 2.24) is 25.5 Å². The molecule has 0 spiro atoms. The van der Waals surface area contributed by atoms with Crippen molar-refractivity contribution in [2.75, 3.05) is 12.0 Å². The molecule has 10 nitrogen and oxygen atoms in total. The first kappa shape index (κ1) is 24.1. The Morgan fingerprint density at radius 1 is 1.20 bits per heavy atom. The second-order valence-electron chi connectivity index (χ2n) is 8.10. The lowest BCUT2D eigenvalue weighted by Crippen LogP contribution is -2.46. The smallest absolute Gasteiger partial charge is 0.251 e. The highest BCUT2D eigenvalue weighted by atomic mass is 32.1. The third kappa shape index (κ3) is 5.57. The molecule has 3 aromatic heterocycles. The number of carbonyl (C=O) groups excluding carboxylic acids is 2. The zero-order valence-corrected chi connectivity index (χ0v) is 20.7. The van der Waals surface area contributed by atoms with Crippen LogP contribution in [0.2, 0.25) is 0 Å². The highest BCUT2D eigenvalue weighted by molar-refractivity contribution is 7.13. The van der Waals surface area contributed by atoms with Gasteiger partial charge in [0.15, 0.2) is 6.04 Å². The van der Waals surface area contributed by atoms with Crippen molar-refractivity contribution in [1.29, 1.82) is 0 Å². The SMILES string of the molecule is COc1cccc(N(C(=O)Cn2nnc(-c3cccs3)n2)[C@@H](C(=O)NC(C)C)c2ccc(C)o2)c1. The summed E-state index contributed by atoms with van der Waals surface area (Å²) in [7, 11) is 1.54. The van der Waals surface area contributed by atoms with Crippen LogP contribution in [0.25, 0.3) is 10.7 Å². The van der Waals surface area contributed by atoms with Crippen LogP contribution in [0.15, 0.2) is 58.3 Å². The maximum Gasteiger partial charge on any atom is 0.251 e. The normalized spacial score (nSPS) is 11.9. The minimum Gasteiger partial charge on any atom is -0.497 e. The van der Waals surface area contributed by atoms with E-state index in [0.29, 0.717) is 28.8 Å². The number of methoxy groups -OCH3 is 1. The Morgan fingerprint density at radius 2 is 2.03 bits per heavy atom. The zero-order chi connectivity index (χ0) is 24.9. The Hall–Kier alpha value is -3.99. The van der Waals surface area contributed by atoms with Crippen LogP contribution in [0.1, 0.15) is 31.4 Å². The molecule has 1 N–H and O–H groups in total. The van der Waals surface area contributed by atoms with Crippen LogP contribution in [0.4, 0.5) is 5.69 Å². The fourth-order valence-corrected chi connectivity index (χ4v) is 4.19. The molecule has 3 heterocycles. The monoisotopic (exact) mass is 494 g/mol. The van der Waals surface area contributed by atoms with Gasteiger partial charge in [-0.25, -0.2) is 0 Å². The third-order valence-electron chi connectivity index (χ3n) is 5.04. The molecule has 182 valence electrons. The predicted molar refractivity (Wildman–Crippen MR) is 131 cm³/mol. The minimum atomic E-state index is -1.06. The minimum absolute atomic E-state index is 0.145. The molecule has 0 aliphatic heterocycles. The number of aryl methyl sites for hydroxylation is 1. The maximum absolute atomic E-state index is 13.8. The van der Waals surface area contributed by atoms with Crippen molar-refractivity contribution < 1.29 is 18.7 Å². The fourth-order valence-electron chi connectivity index (χ4n) is 3.55. The largest absolute Gasteiger partial charge is 0.497 e. The van der Waals surface area contributed by atoms with Crippen molar-refractivity contribution in [3.63, 3.8) is 0 Å². The summed E-state index contributed by atoms with van der Waals surface area (Å²) in [6.07, 6.45) is 0. The number of tetrazole rings is 1. The number of anilines is 1. The molecule has 11 heteroatoms. The first-order valence-electron chi connectivity index (χ1n) is 11.0. The van der Waals surface area contributed by atoms with E-state index in [9.17, 15) is 9.59 Å². The molecule has 0 unspecified atom stereocenters. The number of carbonyl (C=O) groups is 2. The topological polar surface area (TPSA) is 115 Å². The van der Waals surface area contributed by atoms with Crippen LogP contribution >= 0.6 is 11.3 Å². The number of amides is 2. The summed E-state index contributed by atoms with van der Waals surface area (Å²) in [5.74, 6) is 1.12. The second-order valence-corrected chi connectivity index (χ2v) is 9.05. The summed E-state index contributed by atoms with van der Waals surface area (Å²) in [5, 5.41) is 17.2. The molecular weight excluding hydrogens is 468 g/mol. The molecule has 2 amide bonds. The van der Waals surface area contributed by atoms with Gasteiger partial charge in [-0.2, -0.15) is 4.80 Å². The summed E-state index contributed by atoms with van der Waals surface area (Å²) in [5.41, 5.74) is 0.464. The summed E-state index contributed by atoms with van der Waals surface area (Å²) in [6, 6.07) is 12.9. The van der Waals surface area contributed by atoms with Gasteiger partial charge in [0.2, 0.25) is 5.82 Å². The van der Waals surface area contributed by atoms with Crippen molar-refractivity contribution >= 4 is 28.8 Å². The molecule has 0 aliphatic carbocycles. The molecule has 0 fully saturated rings. The van der Waals surface area contributed by atoms with Crippen LogP contribution in [-0.2, 0) is 16.1 Å².